The Bertz CT molecular complexity index is 673. The lowest BCUT2D eigenvalue weighted by Gasteiger charge is -2.24. The average molecular weight is 309 g/mol. The molecule has 1 aromatic carbocycles. The normalized spacial score (nSPS) is 17.3. The lowest BCUT2D eigenvalue weighted by molar-refractivity contribution is -0.135. The van der Waals surface area contributed by atoms with Gasteiger partial charge in [0.05, 0.1) is 0 Å². The molecule has 1 N–H and O–H groups in total. The quantitative estimate of drug-likeness (QED) is 0.917. The maximum absolute atomic E-state index is 12.4. The van der Waals surface area contributed by atoms with Crippen molar-refractivity contribution < 1.29 is 9.59 Å². The molecule has 5 heteroatoms. The summed E-state index contributed by atoms with van der Waals surface area (Å²) in [7, 11) is 0. The zero-order chi connectivity index (χ0) is 16.1. The van der Waals surface area contributed by atoms with E-state index in [2.05, 4.69) is 10.3 Å². The maximum atomic E-state index is 12.4. The van der Waals surface area contributed by atoms with Crippen LogP contribution in [0, 0.1) is 0 Å². The summed E-state index contributed by atoms with van der Waals surface area (Å²) in [5.41, 5.74) is 2.03. The van der Waals surface area contributed by atoms with Gasteiger partial charge < -0.3 is 10.2 Å². The standard InChI is InChI=1S/C18H19N3O2/c22-17-7-6-16(21(17)13-15-4-2-1-3-5-15)18(23)20-12-14-8-10-19-11-9-14/h1-5,8-11,16H,6-7,12-13H2,(H,20,23). The molecule has 118 valence electrons. The topological polar surface area (TPSA) is 62.3 Å². The van der Waals surface area contributed by atoms with Crippen LogP contribution in [0.1, 0.15) is 24.0 Å². The summed E-state index contributed by atoms with van der Waals surface area (Å²) >= 11 is 0. The van der Waals surface area contributed by atoms with E-state index in [1.807, 2.05) is 42.5 Å². The van der Waals surface area contributed by atoms with E-state index < -0.39 is 0 Å². The number of hydrogen-bond acceptors (Lipinski definition) is 3. The third-order valence-corrected chi connectivity index (χ3v) is 4.04. The average Bonchev–Trinajstić information content (AvgIpc) is 2.95. The van der Waals surface area contributed by atoms with Crippen LogP contribution >= 0.6 is 0 Å². The van der Waals surface area contributed by atoms with Gasteiger partial charge >= 0.3 is 0 Å². The number of carbonyl (C=O) groups is 2. The van der Waals surface area contributed by atoms with Gasteiger partial charge in [-0.15, -0.1) is 0 Å². The Labute approximate surface area is 135 Å². The number of nitrogens with one attached hydrogen (secondary N) is 1. The SMILES string of the molecule is O=C(NCc1ccncc1)C1CCC(=O)N1Cc1ccccc1. The van der Waals surface area contributed by atoms with Crippen LogP contribution in [0.15, 0.2) is 54.9 Å². The van der Waals surface area contributed by atoms with E-state index in [9.17, 15) is 9.59 Å². The summed E-state index contributed by atoms with van der Waals surface area (Å²) in [5.74, 6) is -0.0542. The molecule has 1 fully saturated rings. The predicted molar refractivity (Wildman–Crippen MR) is 86.1 cm³/mol. The van der Waals surface area contributed by atoms with E-state index in [-0.39, 0.29) is 17.9 Å². The highest BCUT2D eigenvalue weighted by Gasteiger charge is 2.35. The smallest absolute Gasteiger partial charge is 0.243 e. The van der Waals surface area contributed by atoms with Gasteiger partial charge in [-0.2, -0.15) is 0 Å². The zero-order valence-electron chi connectivity index (χ0n) is 12.8. The lowest BCUT2D eigenvalue weighted by atomic mass is 10.1. The minimum absolute atomic E-state index is 0.0397. The Morgan fingerprint density at radius 1 is 1.13 bits per heavy atom. The summed E-state index contributed by atoms with van der Waals surface area (Å²) in [6.07, 6.45) is 4.40. The minimum Gasteiger partial charge on any atom is -0.350 e. The van der Waals surface area contributed by atoms with Crippen molar-refractivity contribution in [2.45, 2.75) is 32.0 Å². The number of likely N-dealkylation sites (tertiary alicyclic amines) is 1. The summed E-state index contributed by atoms with van der Waals surface area (Å²) in [5, 5.41) is 2.92. The first kappa shape index (κ1) is 15.2. The third-order valence-electron chi connectivity index (χ3n) is 4.04. The highest BCUT2D eigenvalue weighted by atomic mass is 16.2. The molecular formula is C18H19N3O2. The van der Waals surface area contributed by atoms with Gasteiger partial charge in [-0.1, -0.05) is 30.3 Å². The molecule has 0 spiro atoms. The van der Waals surface area contributed by atoms with Crippen LogP contribution in [0.4, 0.5) is 0 Å². The first-order valence-electron chi connectivity index (χ1n) is 7.74. The number of benzene rings is 1. The van der Waals surface area contributed by atoms with Crippen molar-refractivity contribution in [3.05, 3.63) is 66.0 Å². The fourth-order valence-corrected chi connectivity index (χ4v) is 2.79. The van der Waals surface area contributed by atoms with Gasteiger partial charge in [-0.3, -0.25) is 14.6 Å². The molecular weight excluding hydrogens is 290 g/mol. The van der Waals surface area contributed by atoms with Crippen LogP contribution < -0.4 is 5.32 Å². The van der Waals surface area contributed by atoms with Gasteiger partial charge in [0, 0.05) is 31.9 Å². The number of hydrogen-bond donors (Lipinski definition) is 1. The summed E-state index contributed by atoms with van der Waals surface area (Å²) < 4.78 is 0. The second kappa shape index (κ2) is 7.05. The van der Waals surface area contributed by atoms with Gasteiger partial charge in [-0.05, 0) is 29.7 Å². The van der Waals surface area contributed by atoms with Crippen molar-refractivity contribution in [3.63, 3.8) is 0 Å². The number of rotatable bonds is 5. The highest BCUT2D eigenvalue weighted by Crippen LogP contribution is 2.21. The van der Waals surface area contributed by atoms with Crippen LogP contribution in [-0.4, -0.2) is 27.7 Å². The summed E-state index contributed by atoms with van der Waals surface area (Å²) in [6, 6.07) is 13.1. The van der Waals surface area contributed by atoms with Crippen LogP contribution in [0.5, 0.6) is 0 Å². The molecule has 0 aliphatic carbocycles. The number of nitrogens with zero attached hydrogens (tertiary/aromatic N) is 2. The molecule has 3 rings (SSSR count). The van der Waals surface area contributed by atoms with Crippen LogP contribution in [-0.2, 0) is 22.7 Å². The van der Waals surface area contributed by atoms with E-state index in [0.717, 1.165) is 11.1 Å². The van der Waals surface area contributed by atoms with Gasteiger partial charge in [0.25, 0.3) is 0 Å². The Balaban J connectivity index is 1.63. The molecule has 5 nitrogen and oxygen atoms in total. The lowest BCUT2D eigenvalue weighted by Crippen LogP contribution is -2.44. The van der Waals surface area contributed by atoms with Crippen molar-refractivity contribution in [3.8, 4) is 0 Å². The molecule has 1 aromatic heterocycles. The molecule has 1 atom stereocenters. The maximum Gasteiger partial charge on any atom is 0.243 e. The molecule has 0 bridgehead atoms. The number of carbonyl (C=O) groups excluding carboxylic acids is 2. The van der Waals surface area contributed by atoms with Crippen molar-refractivity contribution in [1.82, 2.24) is 15.2 Å². The van der Waals surface area contributed by atoms with Gasteiger partial charge in [-0.25, -0.2) is 0 Å². The fourth-order valence-electron chi connectivity index (χ4n) is 2.79. The Morgan fingerprint density at radius 3 is 2.61 bits per heavy atom. The number of aromatic nitrogens is 1. The number of amides is 2. The molecule has 1 saturated heterocycles. The first-order valence-corrected chi connectivity index (χ1v) is 7.74. The number of pyridine rings is 1. The third kappa shape index (κ3) is 3.74. The van der Waals surface area contributed by atoms with E-state index in [1.165, 1.54) is 0 Å². The molecule has 1 aliphatic rings. The molecule has 2 amide bonds. The van der Waals surface area contributed by atoms with Crippen molar-refractivity contribution in [1.29, 1.82) is 0 Å². The summed E-state index contributed by atoms with van der Waals surface area (Å²) in [4.78, 5) is 30.2. The van der Waals surface area contributed by atoms with E-state index in [1.54, 1.807) is 17.3 Å². The molecule has 23 heavy (non-hydrogen) atoms. The molecule has 1 aliphatic heterocycles. The molecule has 1 unspecified atom stereocenters. The van der Waals surface area contributed by atoms with Crippen LogP contribution in [0.25, 0.3) is 0 Å². The fraction of sp³-hybridized carbons (Fsp3) is 0.278. The zero-order valence-corrected chi connectivity index (χ0v) is 12.8. The van der Waals surface area contributed by atoms with Crippen molar-refractivity contribution in [2.75, 3.05) is 0 Å². The predicted octanol–water partition coefficient (Wildman–Crippen LogP) is 1.89. The van der Waals surface area contributed by atoms with E-state index >= 15 is 0 Å². The highest BCUT2D eigenvalue weighted by molar-refractivity contribution is 5.90. The van der Waals surface area contributed by atoms with Crippen LogP contribution in [0.2, 0.25) is 0 Å². The molecule has 2 aromatic rings. The monoisotopic (exact) mass is 309 g/mol. The van der Waals surface area contributed by atoms with Crippen LogP contribution in [0.3, 0.4) is 0 Å². The van der Waals surface area contributed by atoms with E-state index in [4.69, 9.17) is 0 Å². The molecule has 0 saturated carbocycles. The molecule has 2 heterocycles. The minimum atomic E-state index is -0.385. The second-order valence-corrected chi connectivity index (χ2v) is 5.63. The Kier molecular flexibility index (Phi) is 4.66. The van der Waals surface area contributed by atoms with Gasteiger partial charge in [0.15, 0.2) is 0 Å². The Hall–Kier alpha value is -2.69. The Morgan fingerprint density at radius 2 is 1.87 bits per heavy atom. The molecule has 0 radical (unpaired) electrons. The van der Waals surface area contributed by atoms with E-state index in [0.29, 0.717) is 25.9 Å². The summed E-state index contributed by atoms with van der Waals surface area (Å²) in [6.45, 7) is 0.929. The first-order chi connectivity index (χ1) is 11.2. The van der Waals surface area contributed by atoms with Gasteiger partial charge in [0.1, 0.15) is 6.04 Å². The van der Waals surface area contributed by atoms with Gasteiger partial charge in [0.2, 0.25) is 11.8 Å². The second-order valence-electron chi connectivity index (χ2n) is 5.63. The van der Waals surface area contributed by atoms with Crippen molar-refractivity contribution in [2.24, 2.45) is 0 Å². The van der Waals surface area contributed by atoms with Crippen molar-refractivity contribution >= 4 is 11.8 Å². The largest absolute Gasteiger partial charge is 0.350 e.